The monoisotopic (exact) mass is 207 g/mol. The topological polar surface area (TPSA) is 25.2 Å². The standard InChI is InChI=1S/C13H21NO/c1-10-3-4-13(14-2)12(7-10)8-11-5-6-15-9-11/h5-6,9-10,12-14H,3-4,7-8H2,1-2H3. The molecule has 1 fully saturated rings. The van der Waals surface area contributed by atoms with Crippen LogP contribution in [-0.2, 0) is 6.42 Å². The van der Waals surface area contributed by atoms with Crippen molar-refractivity contribution in [2.75, 3.05) is 7.05 Å². The lowest BCUT2D eigenvalue weighted by molar-refractivity contribution is 0.220. The van der Waals surface area contributed by atoms with Crippen molar-refractivity contribution < 1.29 is 4.42 Å². The van der Waals surface area contributed by atoms with Crippen molar-refractivity contribution in [2.45, 2.75) is 38.6 Å². The fourth-order valence-corrected chi connectivity index (χ4v) is 2.82. The van der Waals surface area contributed by atoms with Crippen molar-refractivity contribution in [1.29, 1.82) is 0 Å². The van der Waals surface area contributed by atoms with Gasteiger partial charge in [0.25, 0.3) is 0 Å². The van der Waals surface area contributed by atoms with Crippen LogP contribution in [0.2, 0.25) is 0 Å². The minimum Gasteiger partial charge on any atom is -0.472 e. The van der Waals surface area contributed by atoms with E-state index >= 15 is 0 Å². The van der Waals surface area contributed by atoms with Crippen molar-refractivity contribution >= 4 is 0 Å². The average Bonchev–Trinajstić information content (AvgIpc) is 2.71. The third-order valence-corrected chi connectivity index (χ3v) is 3.69. The van der Waals surface area contributed by atoms with Crippen LogP contribution in [0.3, 0.4) is 0 Å². The summed E-state index contributed by atoms with van der Waals surface area (Å²) in [4.78, 5) is 0. The number of hydrogen-bond donors (Lipinski definition) is 1. The second kappa shape index (κ2) is 4.84. The van der Waals surface area contributed by atoms with Crippen molar-refractivity contribution in [3.63, 3.8) is 0 Å². The van der Waals surface area contributed by atoms with Gasteiger partial charge in [-0.2, -0.15) is 0 Å². The van der Waals surface area contributed by atoms with Crippen LogP contribution in [0.4, 0.5) is 0 Å². The first kappa shape index (κ1) is 10.7. The molecule has 3 unspecified atom stereocenters. The number of hydrogen-bond acceptors (Lipinski definition) is 2. The molecule has 3 atom stereocenters. The Hall–Kier alpha value is -0.760. The Balaban J connectivity index is 1.98. The predicted molar refractivity (Wildman–Crippen MR) is 61.8 cm³/mol. The minimum atomic E-state index is 0.691. The molecule has 1 aliphatic rings. The second-order valence-corrected chi connectivity index (χ2v) is 4.91. The van der Waals surface area contributed by atoms with Crippen molar-refractivity contribution in [3.8, 4) is 0 Å². The van der Waals surface area contributed by atoms with Crippen molar-refractivity contribution in [2.24, 2.45) is 11.8 Å². The molecule has 84 valence electrons. The minimum absolute atomic E-state index is 0.691. The summed E-state index contributed by atoms with van der Waals surface area (Å²) in [5, 5.41) is 3.46. The molecule has 1 N–H and O–H groups in total. The van der Waals surface area contributed by atoms with Gasteiger partial charge >= 0.3 is 0 Å². The first-order chi connectivity index (χ1) is 7.29. The van der Waals surface area contributed by atoms with Gasteiger partial charge in [-0.3, -0.25) is 0 Å². The Morgan fingerprint density at radius 1 is 1.47 bits per heavy atom. The Kier molecular flexibility index (Phi) is 3.47. The van der Waals surface area contributed by atoms with E-state index in [4.69, 9.17) is 4.42 Å². The maximum Gasteiger partial charge on any atom is 0.0934 e. The normalized spacial score (nSPS) is 31.7. The number of furan rings is 1. The van der Waals surface area contributed by atoms with Gasteiger partial charge in [0.1, 0.15) is 0 Å². The summed E-state index contributed by atoms with van der Waals surface area (Å²) in [6.45, 7) is 2.37. The fraction of sp³-hybridized carbons (Fsp3) is 0.692. The Morgan fingerprint density at radius 2 is 2.33 bits per heavy atom. The van der Waals surface area contributed by atoms with Crippen LogP contribution < -0.4 is 5.32 Å². The average molecular weight is 207 g/mol. The van der Waals surface area contributed by atoms with Crippen LogP contribution in [0, 0.1) is 11.8 Å². The number of rotatable bonds is 3. The summed E-state index contributed by atoms with van der Waals surface area (Å²) in [6, 6.07) is 2.78. The molecule has 1 saturated carbocycles. The highest BCUT2D eigenvalue weighted by Crippen LogP contribution is 2.31. The molecule has 2 rings (SSSR count). The zero-order valence-electron chi connectivity index (χ0n) is 9.70. The summed E-state index contributed by atoms with van der Waals surface area (Å²) >= 11 is 0. The van der Waals surface area contributed by atoms with Gasteiger partial charge in [-0.25, -0.2) is 0 Å². The molecule has 0 bridgehead atoms. The van der Waals surface area contributed by atoms with E-state index in [-0.39, 0.29) is 0 Å². The second-order valence-electron chi connectivity index (χ2n) is 4.91. The molecule has 1 heterocycles. The molecule has 1 aromatic heterocycles. The summed E-state index contributed by atoms with van der Waals surface area (Å²) < 4.78 is 5.13. The summed E-state index contributed by atoms with van der Waals surface area (Å²) in [5.74, 6) is 1.66. The molecule has 0 saturated heterocycles. The molecule has 0 amide bonds. The van der Waals surface area contributed by atoms with Crippen LogP contribution >= 0.6 is 0 Å². The van der Waals surface area contributed by atoms with E-state index in [1.165, 1.54) is 24.8 Å². The highest BCUT2D eigenvalue weighted by Gasteiger charge is 2.27. The molecule has 15 heavy (non-hydrogen) atoms. The Labute approximate surface area is 92.1 Å². The lowest BCUT2D eigenvalue weighted by Crippen LogP contribution is -2.39. The molecule has 1 aliphatic carbocycles. The maximum atomic E-state index is 5.13. The zero-order valence-corrected chi connectivity index (χ0v) is 9.70. The van der Waals surface area contributed by atoms with Crippen molar-refractivity contribution in [1.82, 2.24) is 5.32 Å². The Bertz CT molecular complexity index is 281. The lowest BCUT2D eigenvalue weighted by Gasteiger charge is -2.34. The quantitative estimate of drug-likeness (QED) is 0.824. The predicted octanol–water partition coefficient (Wildman–Crippen LogP) is 2.85. The van der Waals surface area contributed by atoms with Gasteiger partial charge in [0.05, 0.1) is 12.5 Å². The van der Waals surface area contributed by atoms with Crippen LogP contribution in [-0.4, -0.2) is 13.1 Å². The van der Waals surface area contributed by atoms with E-state index in [1.54, 1.807) is 6.26 Å². The third kappa shape index (κ3) is 2.63. The van der Waals surface area contributed by atoms with Gasteiger partial charge in [0, 0.05) is 6.04 Å². The van der Waals surface area contributed by atoms with Gasteiger partial charge in [0.15, 0.2) is 0 Å². The SMILES string of the molecule is CNC1CCC(C)CC1Cc1ccoc1. The summed E-state index contributed by atoms with van der Waals surface area (Å²) in [5.41, 5.74) is 1.34. The van der Waals surface area contributed by atoms with E-state index in [0.717, 1.165) is 18.3 Å². The van der Waals surface area contributed by atoms with Crippen LogP contribution in [0.5, 0.6) is 0 Å². The smallest absolute Gasteiger partial charge is 0.0934 e. The van der Waals surface area contributed by atoms with Gasteiger partial charge in [0.2, 0.25) is 0 Å². The van der Waals surface area contributed by atoms with Gasteiger partial charge < -0.3 is 9.73 Å². The molecule has 0 aromatic carbocycles. The van der Waals surface area contributed by atoms with Gasteiger partial charge in [-0.05, 0) is 56.2 Å². The van der Waals surface area contributed by atoms with E-state index in [0.29, 0.717) is 6.04 Å². The largest absolute Gasteiger partial charge is 0.472 e. The highest BCUT2D eigenvalue weighted by atomic mass is 16.3. The van der Waals surface area contributed by atoms with Gasteiger partial charge in [-0.15, -0.1) is 0 Å². The van der Waals surface area contributed by atoms with Crippen LogP contribution in [0.15, 0.2) is 23.0 Å². The Morgan fingerprint density at radius 3 is 3.00 bits per heavy atom. The van der Waals surface area contributed by atoms with Crippen molar-refractivity contribution in [3.05, 3.63) is 24.2 Å². The molecule has 2 heteroatoms. The maximum absolute atomic E-state index is 5.13. The number of nitrogens with one attached hydrogen (secondary N) is 1. The molecular weight excluding hydrogens is 186 g/mol. The fourth-order valence-electron chi connectivity index (χ4n) is 2.82. The molecular formula is C13H21NO. The van der Waals surface area contributed by atoms with E-state index < -0.39 is 0 Å². The van der Waals surface area contributed by atoms with Crippen LogP contribution in [0.1, 0.15) is 31.7 Å². The zero-order chi connectivity index (χ0) is 10.7. The molecule has 0 spiro atoms. The molecule has 0 radical (unpaired) electrons. The highest BCUT2D eigenvalue weighted by molar-refractivity contribution is 5.07. The van der Waals surface area contributed by atoms with Gasteiger partial charge in [-0.1, -0.05) is 6.92 Å². The molecule has 1 aromatic rings. The first-order valence-corrected chi connectivity index (χ1v) is 5.98. The van der Waals surface area contributed by atoms with E-state index in [9.17, 15) is 0 Å². The summed E-state index contributed by atoms with van der Waals surface area (Å²) in [7, 11) is 2.09. The summed E-state index contributed by atoms with van der Waals surface area (Å²) in [6.07, 6.45) is 8.85. The van der Waals surface area contributed by atoms with E-state index in [2.05, 4.69) is 25.4 Å². The lowest BCUT2D eigenvalue weighted by atomic mass is 9.76. The molecule has 2 nitrogen and oxygen atoms in total. The third-order valence-electron chi connectivity index (χ3n) is 3.69. The first-order valence-electron chi connectivity index (χ1n) is 5.98. The molecule has 0 aliphatic heterocycles. The van der Waals surface area contributed by atoms with Crippen LogP contribution in [0.25, 0.3) is 0 Å². The van der Waals surface area contributed by atoms with E-state index in [1.807, 2.05) is 6.26 Å².